The fourth-order valence-corrected chi connectivity index (χ4v) is 2.23. The van der Waals surface area contributed by atoms with Crippen LogP contribution in [-0.4, -0.2) is 65.2 Å². The second-order valence-electron chi connectivity index (χ2n) is 5.00. The van der Waals surface area contributed by atoms with Crippen LogP contribution in [0.4, 0.5) is 4.79 Å². The number of nitrogens with one attached hydrogen (secondary N) is 1. The van der Waals surface area contributed by atoms with E-state index in [0.29, 0.717) is 26.2 Å². The van der Waals surface area contributed by atoms with Crippen molar-refractivity contribution in [2.45, 2.75) is 45.7 Å². The highest BCUT2D eigenvalue weighted by molar-refractivity contribution is 5.75. The first-order valence-corrected chi connectivity index (χ1v) is 7.01. The number of amides is 2. The van der Waals surface area contributed by atoms with E-state index in [1.807, 2.05) is 4.90 Å². The third-order valence-electron chi connectivity index (χ3n) is 3.82. The Morgan fingerprint density at radius 1 is 1.16 bits per heavy atom. The number of carbonyl (C=O) groups is 2. The molecule has 19 heavy (non-hydrogen) atoms. The van der Waals surface area contributed by atoms with Crippen LogP contribution in [0.25, 0.3) is 0 Å². The van der Waals surface area contributed by atoms with Crippen molar-refractivity contribution < 1.29 is 14.7 Å². The Balaban J connectivity index is 2.41. The molecule has 1 aliphatic heterocycles. The van der Waals surface area contributed by atoms with Crippen molar-refractivity contribution in [2.75, 3.05) is 26.2 Å². The molecule has 1 aliphatic rings. The summed E-state index contributed by atoms with van der Waals surface area (Å²) in [4.78, 5) is 26.6. The molecule has 0 saturated carbocycles. The van der Waals surface area contributed by atoms with Crippen molar-refractivity contribution in [3.63, 3.8) is 0 Å². The second kappa shape index (κ2) is 7.33. The quantitative estimate of drug-likeness (QED) is 0.781. The average Bonchev–Trinajstić information content (AvgIpc) is 2.43. The maximum Gasteiger partial charge on any atom is 0.320 e. The molecule has 0 aromatic carbocycles. The lowest BCUT2D eigenvalue weighted by Gasteiger charge is -2.37. The van der Waals surface area contributed by atoms with Gasteiger partial charge < -0.3 is 15.3 Å². The number of aliphatic carboxylic acids is 1. The molecule has 0 aliphatic carbocycles. The maximum absolute atomic E-state index is 12.0. The SMILES string of the molecule is CCC(CC)NC(=O)N1CCN(C(C)C(=O)O)CC1. The molecule has 2 N–H and O–H groups in total. The second-order valence-corrected chi connectivity index (χ2v) is 5.00. The van der Waals surface area contributed by atoms with Crippen LogP contribution in [0.3, 0.4) is 0 Å². The zero-order valence-electron chi connectivity index (χ0n) is 12.1. The summed E-state index contributed by atoms with van der Waals surface area (Å²) in [6.45, 7) is 8.20. The third-order valence-corrected chi connectivity index (χ3v) is 3.82. The average molecular weight is 271 g/mol. The van der Waals surface area contributed by atoms with Crippen molar-refractivity contribution in [1.29, 1.82) is 0 Å². The summed E-state index contributed by atoms with van der Waals surface area (Å²) in [5, 5.41) is 12.0. The summed E-state index contributed by atoms with van der Waals surface area (Å²) in [5.74, 6) is -0.810. The van der Waals surface area contributed by atoms with Gasteiger partial charge in [0.1, 0.15) is 6.04 Å². The van der Waals surface area contributed by atoms with Crippen molar-refractivity contribution in [3.05, 3.63) is 0 Å². The van der Waals surface area contributed by atoms with Crippen LogP contribution in [0.1, 0.15) is 33.6 Å². The molecule has 1 atom stereocenters. The molecule has 6 heteroatoms. The molecular formula is C13H25N3O3. The molecule has 110 valence electrons. The normalized spacial score (nSPS) is 18.4. The molecular weight excluding hydrogens is 246 g/mol. The molecule has 1 saturated heterocycles. The van der Waals surface area contributed by atoms with Crippen LogP contribution in [0.15, 0.2) is 0 Å². The topological polar surface area (TPSA) is 72.9 Å². The summed E-state index contributed by atoms with van der Waals surface area (Å²) < 4.78 is 0. The number of hydrogen-bond donors (Lipinski definition) is 2. The van der Waals surface area contributed by atoms with Crippen molar-refractivity contribution in [3.8, 4) is 0 Å². The number of carbonyl (C=O) groups excluding carboxylic acids is 1. The zero-order chi connectivity index (χ0) is 14.4. The Morgan fingerprint density at radius 2 is 1.68 bits per heavy atom. The number of piperazine rings is 1. The first-order valence-electron chi connectivity index (χ1n) is 7.01. The number of urea groups is 1. The summed E-state index contributed by atoms with van der Waals surface area (Å²) in [5.41, 5.74) is 0. The fourth-order valence-electron chi connectivity index (χ4n) is 2.23. The lowest BCUT2D eigenvalue weighted by atomic mass is 10.2. The van der Waals surface area contributed by atoms with Gasteiger partial charge in [-0.25, -0.2) is 4.79 Å². The van der Waals surface area contributed by atoms with Crippen LogP contribution in [0, 0.1) is 0 Å². The van der Waals surface area contributed by atoms with E-state index in [-0.39, 0.29) is 12.1 Å². The van der Waals surface area contributed by atoms with Crippen LogP contribution >= 0.6 is 0 Å². The Kier molecular flexibility index (Phi) is 6.08. The standard InChI is InChI=1S/C13H25N3O3/c1-4-11(5-2)14-13(19)16-8-6-15(7-9-16)10(3)12(17)18/h10-11H,4-9H2,1-3H3,(H,14,19)(H,17,18). The highest BCUT2D eigenvalue weighted by atomic mass is 16.4. The summed E-state index contributed by atoms with van der Waals surface area (Å²) >= 11 is 0. The van der Waals surface area contributed by atoms with E-state index in [1.165, 1.54) is 0 Å². The third kappa shape index (κ3) is 4.38. The number of carboxylic acids is 1. The van der Waals surface area contributed by atoms with Gasteiger partial charge in [-0.15, -0.1) is 0 Å². The first kappa shape index (κ1) is 15.8. The van der Waals surface area contributed by atoms with E-state index < -0.39 is 12.0 Å². The van der Waals surface area contributed by atoms with Gasteiger partial charge in [-0.2, -0.15) is 0 Å². The molecule has 0 spiro atoms. The number of hydrogen-bond acceptors (Lipinski definition) is 3. The molecule has 1 fully saturated rings. The van der Waals surface area contributed by atoms with Crippen LogP contribution in [0.5, 0.6) is 0 Å². The van der Waals surface area contributed by atoms with Crippen molar-refractivity contribution in [1.82, 2.24) is 15.1 Å². The Bertz CT molecular complexity index is 310. The van der Waals surface area contributed by atoms with E-state index in [2.05, 4.69) is 19.2 Å². The first-order chi connectivity index (χ1) is 8.99. The number of nitrogens with zero attached hydrogens (tertiary/aromatic N) is 2. The van der Waals surface area contributed by atoms with Crippen molar-refractivity contribution in [2.24, 2.45) is 0 Å². The predicted molar refractivity (Wildman–Crippen MR) is 73.1 cm³/mol. The van der Waals surface area contributed by atoms with Gasteiger partial charge in [0.25, 0.3) is 0 Å². The number of rotatable bonds is 5. The predicted octanol–water partition coefficient (Wildman–Crippen LogP) is 0.975. The zero-order valence-corrected chi connectivity index (χ0v) is 12.1. The molecule has 2 amide bonds. The largest absolute Gasteiger partial charge is 0.480 e. The van der Waals surface area contributed by atoms with Gasteiger partial charge in [0, 0.05) is 32.2 Å². The highest BCUT2D eigenvalue weighted by Gasteiger charge is 2.27. The van der Waals surface area contributed by atoms with Gasteiger partial charge in [0.2, 0.25) is 0 Å². The van der Waals surface area contributed by atoms with Gasteiger partial charge in [0.15, 0.2) is 0 Å². The summed E-state index contributed by atoms with van der Waals surface area (Å²) in [7, 11) is 0. The van der Waals surface area contributed by atoms with Gasteiger partial charge in [0.05, 0.1) is 0 Å². The minimum Gasteiger partial charge on any atom is -0.480 e. The Labute approximate surface area is 114 Å². The molecule has 1 unspecified atom stereocenters. The molecule has 1 heterocycles. The molecule has 1 rings (SSSR count). The summed E-state index contributed by atoms with van der Waals surface area (Å²) in [6.07, 6.45) is 1.86. The molecule has 6 nitrogen and oxygen atoms in total. The van der Waals surface area contributed by atoms with Crippen molar-refractivity contribution >= 4 is 12.0 Å². The van der Waals surface area contributed by atoms with Gasteiger partial charge >= 0.3 is 12.0 Å². The van der Waals surface area contributed by atoms with E-state index in [9.17, 15) is 9.59 Å². The van der Waals surface area contributed by atoms with Gasteiger partial charge in [-0.3, -0.25) is 9.69 Å². The Morgan fingerprint density at radius 3 is 2.11 bits per heavy atom. The molecule has 0 bridgehead atoms. The molecule has 0 radical (unpaired) electrons. The minimum atomic E-state index is -0.810. The monoisotopic (exact) mass is 271 g/mol. The van der Waals surface area contributed by atoms with Crippen LogP contribution in [-0.2, 0) is 4.79 Å². The smallest absolute Gasteiger partial charge is 0.320 e. The number of carboxylic acid groups (broad SMARTS) is 1. The Hall–Kier alpha value is -1.30. The van der Waals surface area contributed by atoms with Gasteiger partial charge in [-0.05, 0) is 19.8 Å². The summed E-state index contributed by atoms with van der Waals surface area (Å²) in [6, 6.07) is -0.288. The van der Waals surface area contributed by atoms with Crippen LogP contribution < -0.4 is 5.32 Å². The van der Waals surface area contributed by atoms with E-state index in [0.717, 1.165) is 12.8 Å². The fraction of sp³-hybridized carbons (Fsp3) is 0.846. The van der Waals surface area contributed by atoms with E-state index in [4.69, 9.17) is 5.11 Å². The maximum atomic E-state index is 12.0. The van der Waals surface area contributed by atoms with E-state index >= 15 is 0 Å². The van der Waals surface area contributed by atoms with E-state index in [1.54, 1.807) is 11.8 Å². The van der Waals surface area contributed by atoms with Crippen LogP contribution in [0.2, 0.25) is 0 Å². The minimum absolute atomic E-state index is 0.0312. The molecule has 0 aromatic heterocycles. The highest BCUT2D eigenvalue weighted by Crippen LogP contribution is 2.07. The lowest BCUT2D eigenvalue weighted by molar-refractivity contribution is -0.143. The lowest BCUT2D eigenvalue weighted by Crippen LogP contribution is -2.56. The van der Waals surface area contributed by atoms with Gasteiger partial charge in [-0.1, -0.05) is 13.8 Å². The molecule has 0 aromatic rings.